The number of benzene rings is 1. The number of morpholine rings is 1. The topological polar surface area (TPSA) is 71.3 Å². The van der Waals surface area contributed by atoms with Crippen LogP contribution >= 0.6 is 0 Å². The van der Waals surface area contributed by atoms with Gasteiger partial charge in [-0.1, -0.05) is 12.1 Å². The molecule has 2 aliphatic heterocycles. The van der Waals surface area contributed by atoms with E-state index < -0.39 is 6.43 Å². The van der Waals surface area contributed by atoms with Gasteiger partial charge < -0.3 is 15.0 Å². The molecule has 1 aromatic carbocycles. The number of hydrogen-bond acceptors (Lipinski definition) is 7. The van der Waals surface area contributed by atoms with Crippen molar-refractivity contribution >= 4 is 22.8 Å². The van der Waals surface area contributed by atoms with Gasteiger partial charge in [-0.05, 0) is 82.0 Å². The van der Waals surface area contributed by atoms with E-state index in [2.05, 4.69) is 20.1 Å². The Hall–Kier alpha value is -2.85. The normalized spacial score (nSPS) is 27.6. The van der Waals surface area contributed by atoms with Crippen molar-refractivity contribution in [1.82, 2.24) is 24.4 Å². The lowest BCUT2D eigenvalue weighted by atomic mass is 9.56. The molecule has 2 aromatic heterocycles. The second kappa shape index (κ2) is 9.96. The van der Waals surface area contributed by atoms with E-state index >= 15 is 0 Å². The molecule has 8 rings (SSSR count). The maximum Gasteiger partial charge on any atom is 0.296 e. The molecular formula is C29H37F2N7O. The van der Waals surface area contributed by atoms with E-state index in [4.69, 9.17) is 14.7 Å². The van der Waals surface area contributed by atoms with Crippen molar-refractivity contribution in [1.29, 1.82) is 0 Å². The van der Waals surface area contributed by atoms with Crippen molar-refractivity contribution in [3.05, 3.63) is 36.2 Å². The summed E-state index contributed by atoms with van der Waals surface area (Å²) in [5.41, 5.74) is 1.81. The van der Waals surface area contributed by atoms with Crippen LogP contribution < -0.4 is 10.2 Å². The molecule has 5 fully saturated rings. The third kappa shape index (κ3) is 4.55. The van der Waals surface area contributed by atoms with Crippen molar-refractivity contribution in [2.75, 3.05) is 56.2 Å². The number of anilines is 2. The van der Waals surface area contributed by atoms with Gasteiger partial charge in [0, 0.05) is 31.2 Å². The number of fused-ring (bicyclic) bond motifs is 4. The number of rotatable bonds is 7. The highest BCUT2D eigenvalue weighted by Gasteiger charge is 2.51. The van der Waals surface area contributed by atoms with Gasteiger partial charge in [0.2, 0.25) is 5.95 Å². The summed E-state index contributed by atoms with van der Waals surface area (Å²) in [6.45, 7) is 5.96. The summed E-state index contributed by atoms with van der Waals surface area (Å²) < 4.78 is 35.4. The molecule has 3 aliphatic carbocycles. The van der Waals surface area contributed by atoms with E-state index in [1.165, 1.54) is 69.0 Å². The van der Waals surface area contributed by atoms with Gasteiger partial charge in [-0.3, -0.25) is 9.47 Å². The number of para-hydroxylation sites is 2. The van der Waals surface area contributed by atoms with Crippen molar-refractivity contribution in [3.8, 4) is 5.82 Å². The largest absolute Gasteiger partial charge is 0.378 e. The number of aromatic nitrogens is 4. The Bertz CT molecular complexity index is 1310. The van der Waals surface area contributed by atoms with Crippen molar-refractivity contribution in [3.63, 3.8) is 0 Å². The van der Waals surface area contributed by atoms with E-state index in [1.807, 2.05) is 18.2 Å². The van der Waals surface area contributed by atoms with E-state index in [0.717, 1.165) is 12.4 Å². The predicted octanol–water partition coefficient (Wildman–Crippen LogP) is 5.19. The highest BCUT2D eigenvalue weighted by Crippen LogP contribution is 2.55. The van der Waals surface area contributed by atoms with Gasteiger partial charge in [-0.15, -0.1) is 0 Å². The Kier molecular flexibility index (Phi) is 6.42. The van der Waals surface area contributed by atoms with Gasteiger partial charge >= 0.3 is 0 Å². The Morgan fingerprint density at radius 1 is 0.872 bits per heavy atom. The number of hydrogen-bond donors (Lipinski definition) is 1. The molecule has 5 aliphatic rings. The molecule has 0 unspecified atom stereocenters. The zero-order chi connectivity index (χ0) is 26.5. The third-order valence-electron chi connectivity index (χ3n) is 9.81. The molecule has 3 saturated carbocycles. The minimum absolute atomic E-state index is 0.246. The monoisotopic (exact) mass is 537 g/mol. The second-order valence-electron chi connectivity index (χ2n) is 11.9. The first-order chi connectivity index (χ1) is 19.0. The minimum Gasteiger partial charge on any atom is -0.378 e. The first-order valence-corrected chi connectivity index (χ1v) is 14.5. The van der Waals surface area contributed by atoms with Crippen LogP contribution in [0, 0.1) is 5.41 Å². The SMILES string of the molecule is FC(F)c1nc2ccccc2n1-c1cc(N2CCOCC2)nc(NCC23CCC(N4CCCC4)(CC2)CC3)n1. The average Bonchev–Trinajstić information content (AvgIpc) is 3.67. The molecule has 0 radical (unpaired) electrons. The van der Waals surface area contributed by atoms with Crippen molar-refractivity contribution in [2.45, 2.75) is 63.3 Å². The zero-order valence-electron chi connectivity index (χ0n) is 22.4. The highest BCUT2D eigenvalue weighted by molar-refractivity contribution is 5.78. The lowest BCUT2D eigenvalue weighted by Crippen LogP contribution is -2.57. The van der Waals surface area contributed by atoms with Crippen molar-refractivity contribution in [2.24, 2.45) is 5.41 Å². The van der Waals surface area contributed by atoms with Crippen LogP contribution in [0.2, 0.25) is 0 Å². The van der Waals surface area contributed by atoms with Crippen molar-refractivity contribution < 1.29 is 13.5 Å². The van der Waals surface area contributed by atoms with E-state index in [-0.39, 0.29) is 11.2 Å². The fourth-order valence-electron chi connectivity index (χ4n) is 7.44. The smallest absolute Gasteiger partial charge is 0.296 e. The summed E-state index contributed by atoms with van der Waals surface area (Å²) in [6.07, 6.45) is 7.42. The predicted molar refractivity (Wildman–Crippen MR) is 147 cm³/mol. The van der Waals surface area contributed by atoms with Crippen LogP contribution in [0.1, 0.15) is 63.6 Å². The number of halogens is 2. The zero-order valence-corrected chi connectivity index (χ0v) is 22.4. The molecule has 3 aromatic rings. The second-order valence-corrected chi connectivity index (χ2v) is 11.9. The number of ether oxygens (including phenoxy) is 1. The van der Waals surface area contributed by atoms with Crippen LogP contribution in [-0.4, -0.2) is 75.9 Å². The molecule has 39 heavy (non-hydrogen) atoms. The van der Waals surface area contributed by atoms with Crippen LogP contribution in [0.3, 0.4) is 0 Å². The molecule has 1 N–H and O–H groups in total. The lowest BCUT2D eigenvalue weighted by molar-refractivity contribution is -0.0386. The molecule has 2 bridgehead atoms. The number of nitrogens with one attached hydrogen (secondary N) is 1. The molecule has 10 heteroatoms. The lowest BCUT2D eigenvalue weighted by Gasteiger charge is -2.57. The van der Waals surface area contributed by atoms with E-state index in [9.17, 15) is 8.78 Å². The molecule has 0 atom stereocenters. The molecule has 8 nitrogen and oxygen atoms in total. The molecule has 4 heterocycles. The first kappa shape index (κ1) is 25.1. The molecule has 2 saturated heterocycles. The summed E-state index contributed by atoms with van der Waals surface area (Å²) in [6, 6.07) is 9.03. The standard InChI is InChI=1S/C29H37F2N7O/c30-25(31)26-33-21-5-1-2-6-22(21)38(26)24-19-23(36-15-17-39-18-16-36)34-27(35-24)32-20-28-7-10-29(11-8-28,12-9-28)37-13-3-4-14-37/h1-2,5-6,19,25H,3-4,7-18,20H2,(H,32,34,35). The Labute approximate surface area is 227 Å². The average molecular weight is 538 g/mol. The number of alkyl halides is 2. The molecule has 0 amide bonds. The van der Waals surface area contributed by atoms with Gasteiger partial charge in [-0.2, -0.15) is 9.97 Å². The van der Waals surface area contributed by atoms with E-state index in [0.29, 0.717) is 54.6 Å². The van der Waals surface area contributed by atoms with Crippen LogP contribution in [-0.2, 0) is 4.74 Å². The fourth-order valence-corrected chi connectivity index (χ4v) is 7.44. The van der Waals surface area contributed by atoms with Gasteiger partial charge in [0.25, 0.3) is 6.43 Å². The van der Waals surface area contributed by atoms with Crippen LogP contribution in [0.15, 0.2) is 30.3 Å². The minimum atomic E-state index is -2.73. The Morgan fingerprint density at radius 3 is 2.28 bits per heavy atom. The van der Waals surface area contributed by atoms with Gasteiger partial charge in [0.05, 0.1) is 24.2 Å². The van der Waals surface area contributed by atoms with Gasteiger partial charge in [-0.25, -0.2) is 13.8 Å². The highest BCUT2D eigenvalue weighted by atomic mass is 19.3. The quantitative estimate of drug-likeness (QED) is 0.445. The van der Waals surface area contributed by atoms with Gasteiger partial charge in [0.1, 0.15) is 11.6 Å². The van der Waals surface area contributed by atoms with Crippen LogP contribution in [0.25, 0.3) is 16.9 Å². The summed E-state index contributed by atoms with van der Waals surface area (Å²) in [5.74, 6) is 1.32. The number of likely N-dealkylation sites (tertiary alicyclic amines) is 1. The molecular weight excluding hydrogens is 500 g/mol. The van der Waals surface area contributed by atoms with Crippen LogP contribution in [0.4, 0.5) is 20.5 Å². The number of nitrogens with zero attached hydrogens (tertiary/aromatic N) is 6. The van der Waals surface area contributed by atoms with Gasteiger partial charge in [0.15, 0.2) is 5.82 Å². The molecule has 0 spiro atoms. The Morgan fingerprint density at radius 2 is 1.56 bits per heavy atom. The van der Waals surface area contributed by atoms with E-state index in [1.54, 1.807) is 12.1 Å². The summed E-state index contributed by atoms with van der Waals surface area (Å²) in [5, 5.41) is 3.58. The molecule has 208 valence electrons. The fraction of sp³-hybridized carbons (Fsp3) is 0.621. The summed E-state index contributed by atoms with van der Waals surface area (Å²) in [4.78, 5) is 18.8. The third-order valence-corrected chi connectivity index (χ3v) is 9.81. The maximum absolute atomic E-state index is 14.2. The first-order valence-electron chi connectivity index (χ1n) is 14.5. The Balaban J connectivity index is 1.19. The maximum atomic E-state index is 14.2. The number of imidazole rings is 1. The summed E-state index contributed by atoms with van der Waals surface area (Å²) >= 11 is 0. The van der Waals surface area contributed by atoms with Crippen LogP contribution in [0.5, 0.6) is 0 Å². The summed E-state index contributed by atoms with van der Waals surface area (Å²) in [7, 11) is 0.